The molecule has 2 rings (SSSR count). The summed E-state index contributed by atoms with van der Waals surface area (Å²) in [5.74, 6) is 0.699. The Hall–Kier alpha value is -2.23. The molecule has 0 fully saturated rings. The smallest absolute Gasteiger partial charge is 0.328 e. The molecule has 4 heteroatoms. The number of benzene rings is 1. The van der Waals surface area contributed by atoms with E-state index in [-0.39, 0.29) is 0 Å². The van der Waals surface area contributed by atoms with Crippen molar-refractivity contribution in [3.8, 4) is 11.5 Å². The Balaban J connectivity index is 1.73. The number of ether oxygens (including phenoxy) is 2. The number of unbranched alkanes of at least 4 members (excludes halogenated alkanes) is 1. The molecule has 0 aromatic heterocycles. The second-order valence-corrected chi connectivity index (χ2v) is 4.21. The van der Waals surface area contributed by atoms with Gasteiger partial charge in [0.15, 0.2) is 11.5 Å². The van der Waals surface area contributed by atoms with Gasteiger partial charge in [-0.2, -0.15) is 0 Å². The summed E-state index contributed by atoms with van der Waals surface area (Å²) < 4.78 is 10.6. The van der Waals surface area contributed by atoms with Crippen LogP contribution in [0, 0.1) is 0 Å². The van der Waals surface area contributed by atoms with Crippen LogP contribution in [0.15, 0.2) is 42.5 Å². The van der Waals surface area contributed by atoms with E-state index in [0.717, 1.165) is 36.8 Å². The van der Waals surface area contributed by atoms with E-state index in [9.17, 15) is 4.79 Å². The van der Waals surface area contributed by atoms with E-state index in [1.807, 2.05) is 24.3 Å². The zero-order valence-electron chi connectivity index (χ0n) is 10.5. The van der Waals surface area contributed by atoms with Gasteiger partial charge in [0.1, 0.15) is 0 Å². The third-order valence-electron chi connectivity index (χ3n) is 2.76. The van der Waals surface area contributed by atoms with Crippen molar-refractivity contribution in [1.82, 2.24) is 0 Å². The summed E-state index contributed by atoms with van der Waals surface area (Å²) in [6, 6.07) is 5.99. The van der Waals surface area contributed by atoms with E-state index >= 15 is 0 Å². The average Bonchev–Trinajstić information content (AvgIpc) is 2.84. The molecule has 0 unspecified atom stereocenters. The molecule has 0 bridgehead atoms. The number of carboxylic acid groups (broad SMARTS) is 1. The highest BCUT2D eigenvalue weighted by molar-refractivity contribution is 5.80. The van der Waals surface area contributed by atoms with Gasteiger partial charge in [0.2, 0.25) is 6.79 Å². The summed E-state index contributed by atoms with van der Waals surface area (Å²) in [4.78, 5) is 10.2. The molecule has 0 saturated heterocycles. The van der Waals surface area contributed by atoms with Crippen LogP contribution in [0.3, 0.4) is 0 Å². The molecular formula is C15H16O4. The molecule has 0 spiro atoms. The monoisotopic (exact) mass is 260 g/mol. The second kappa shape index (κ2) is 6.64. The quantitative estimate of drug-likeness (QED) is 0.485. The van der Waals surface area contributed by atoms with E-state index in [1.54, 1.807) is 6.08 Å². The van der Waals surface area contributed by atoms with Gasteiger partial charge in [0.25, 0.3) is 0 Å². The standard InChI is InChI=1S/C15H16O4/c16-15(17)7-5-3-1-2-4-6-12-8-9-13-14(10-12)19-11-18-13/h1,3,5,7-10H,2,4,6,11H2,(H,16,17)/b3-1+,7-5+. The van der Waals surface area contributed by atoms with Gasteiger partial charge in [-0.3, -0.25) is 0 Å². The fourth-order valence-corrected chi connectivity index (χ4v) is 1.83. The highest BCUT2D eigenvalue weighted by atomic mass is 16.7. The highest BCUT2D eigenvalue weighted by Gasteiger charge is 2.12. The van der Waals surface area contributed by atoms with Crippen molar-refractivity contribution >= 4 is 5.97 Å². The van der Waals surface area contributed by atoms with Crippen molar-refractivity contribution in [3.63, 3.8) is 0 Å². The molecule has 19 heavy (non-hydrogen) atoms. The highest BCUT2D eigenvalue weighted by Crippen LogP contribution is 2.32. The van der Waals surface area contributed by atoms with Crippen molar-refractivity contribution in [2.45, 2.75) is 19.3 Å². The Labute approximate surface area is 112 Å². The first-order chi connectivity index (χ1) is 9.25. The second-order valence-electron chi connectivity index (χ2n) is 4.21. The largest absolute Gasteiger partial charge is 0.478 e. The first-order valence-corrected chi connectivity index (χ1v) is 6.20. The Kier molecular flexibility index (Phi) is 4.61. The topological polar surface area (TPSA) is 55.8 Å². The lowest BCUT2D eigenvalue weighted by molar-refractivity contribution is -0.131. The normalized spacial score (nSPS) is 13.5. The number of hydrogen-bond acceptors (Lipinski definition) is 3. The van der Waals surface area contributed by atoms with E-state index in [4.69, 9.17) is 14.6 Å². The zero-order chi connectivity index (χ0) is 13.5. The molecule has 0 aliphatic carbocycles. The van der Waals surface area contributed by atoms with E-state index in [0.29, 0.717) is 6.79 Å². The van der Waals surface area contributed by atoms with Crippen LogP contribution in [-0.2, 0) is 11.2 Å². The molecule has 1 aromatic rings. The number of hydrogen-bond donors (Lipinski definition) is 1. The Morgan fingerprint density at radius 2 is 2.11 bits per heavy atom. The van der Waals surface area contributed by atoms with Gasteiger partial charge in [-0.1, -0.05) is 24.3 Å². The number of aliphatic carboxylic acids is 1. The molecule has 4 nitrogen and oxygen atoms in total. The van der Waals surface area contributed by atoms with Gasteiger partial charge in [0.05, 0.1) is 0 Å². The number of fused-ring (bicyclic) bond motifs is 1. The summed E-state index contributed by atoms with van der Waals surface area (Å²) in [7, 11) is 0. The number of carboxylic acids is 1. The molecule has 100 valence electrons. The molecule has 0 radical (unpaired) electrons. The van der Waals surface area contributed by atoms with Crippen LogP contribution >= 0.6 is 0 Å². The minimum atomic E-state index is -0.926. The molecule has 1 aliphatic rings. The maximum atomic E-state index is 10.2. The molecular weight excluding hydrogens is 244 g/mol. The summed E-state index contributed by atoms with van der Waals surface area (Å²) in [6.07, 6.45) is 9.26. The average molecular weight is 260 g/mol. The molecule has 1 aliphatic heterocycles. The van der Waals surface area contributed by atoms with E-state index < -0.39 is 5.97 Å². The minimum absolute atomic E-state index is 0.303. The maximum absolute atomic E-state index is 10.2. The number of carbonyl (C=O) groups is 1. The lowest BCUT2D eigenvalue weighted by Crippen LogP contribution is -1.92. The van der Waals surface area contributed by atoms with Crippen molar-refractivity contribution in [3.05, 3.63) is 48.1 Å². The molecule has 1 aromatic carbocycles. The Morgan fingerprint density at radius 1 is 1.26 bits per heavy atom. The van der Waals surface area contributed by atoms with Crippen LogP contribution in [0.1, 0.15) is 18.4 Å². The SMILES string of the molecule is O=C(O)/C=C/C=C/CCCc1ccc2c(c1)OCO2. The van der Waals surface area contributed by atoms with Gasteiger partial charge in [-0.15, -0.1) is 0 Å². The predicted molar refractivity (Wildman–Crippen MR) is 71.4 cm³/mol. The van der Waals surface area contributed by atoms with Crippen LogP contribution in [-0.4, -0.2) is 17.9 Å². The van der Waals surface area contributed by atoms with Gasteiger partial charge in [-0.25, -0.2) is 4.79 Å². The van der Waals surface area contributed by atoms with Crippen LogP contribution in [0.5, 0.6) is 11.5 Å². The van der Waals surface area contributed by atoms with Crippen molar-refractivity contribution < 1.29 is 19.4 Å². The fourth-order valence-electron chi connectivity index (χ4n) is 1.83. The molecule has 0 atom stereocenters. The van der Waals surface area contributed by atoms with Crippen LogP contribution in [0.4, 0.5) is 0 Å². The molecule has 0 amide bonds. The number of rotatable bonds is 6. The molecule has 1 N–H and O–H groups in total. The summed E-state index contributed by atoms with van der Waals surface area (Å²) >= 11 is 0. The minimum Gasteiger partial charge on any atom is -0.478 e. The van der Waals surface area contributed by atoms with Gasteiger partial charge < -0.3 is 14.6 Å². The van der Waals surface area contributed by atoms with E-state index in [1.165, 1.54) is 11.6 Å². The number of aryl methyl sites for hydroxylation is 1. The van der Waals surface area contributed by atoms with Crippen LogP contribution in [0.2, 0.25) is 0 Å². The third kappa shape index (κ3) is 4.17. The first kappa shape index (κ1) is 13.2. The fraction of sp³-hybridized carbons (Fsp3) is 0.267. The number of allylic oxidation sites excluding steroid dienone is 3. The van der Waals surface area contributed by atoms with Crippen LogP contribution in [0.25, 0.3) is 0 Å². The maximum Gasteiger partial charge on any atom is 0.328 e. The first-order valence-electron chi connectivity index (χ1n) is 6.20. The van der Waals surface area contributed by atoms with Crippen molar-refractivity contribution in [1.29, 1.82) is 0 Å². The van der Waals surface area contributed by atoms with Crippen molar-refractivity contribution in [2.75, 3.05) is 6.79 Å². The Bertz CT molecular complexity index is 503. The summed E-state index contributed by atoms with van der Waals surface area (Å²) in [6.45, 7) is 0.303. The van der Waals surface area contributed by atoms with Gasteiger partial charge >= 0.3 is 5.97 Å². The predicted octanol–water partition coefficient (Wildman–Crippen LogP) is 2.94. The zero-order valence-corrected chi connectivity index (χ0v) is 10.5. The van der Waals surface area contributed by atoms with Crippen molar-refractivity contribution in [2.24, 2.45) is 0 Å². The lowest BCUT2D eigenvalue weighted by Gasteiger charge is -2.01. The van der Waals surface area contributed by atoms with Gasteiger partial charge in [-0.05, 0) is 37.0 Å². The summed E-state index contributed by atoms with van der Waals surface area (Å²) in [5, 5.41) is 8.40. The summed E-state index contributed by atoms with van der Waals surface area (Å²) in [5.41, 5.74) is 1.22. The lowest BCUT2D eigenvalue weighted by atomic mass is 10.1. The molecule has 1 heterocycles. The van der Waals surface area contributed by atoms with Gasteiger partial charge in [0, 0.05) is 6.08 Å². The molecule has 0 saturated carbocycles. The van der Waals surface area contributed by atoms with Crippen LogP contribution < -0.4 is 9.47 Å². The third-order valence-corrected chi connectivity index (χ3v) is 2.76. The van der Waals surface area contributed by atoms with E-state index in [2.05, 4.69) is 0 Å². The Morgan fingerprint density at radius 3 is 2.95 bits per heavy atom.